The fourth-order valence-electron chi connectivity index (χ4n) is 4.23. The highest BCUT2D eigenvalue weighted by molar-refractivity contribution is 7.92. The fraction of sp³-hybridized carbons (Fsp3) is 0.125. The van der Waals surface area contributed by atoms with Gasteiger partial charge >= 0.3 is 0 Å². The van der Waals surface area contributed by atoms with Gasteiger partial charge in [0.15, 0.2) is 0 Å². The number of H-pyrrole nitrogens is 1. The van der Waals surface area contributed by atoms with Gasteiger partial charge in [0.25, 0.3) is 10.0 Å². The fourth-order valence-corrected chi connectivity index (χ4v) is 5.91. The molecule has 5 rings (SSSR count). The molecule has 1 heterocycles. The highest BCUT2D eigenvalue weighted by Crippen LogP contribution is 2.34. The molecule has 1 N–H and O–H groups in total. The van der Waals surface area contributed by atoms with Crippen LogP contribution in [0.4, 0.5) is 5.69 Å². The molecule has 1 aliphatic rings. The van der Waals surface area contributed by atoms with Crippen molar-refractivity contribution >= 4 is 26.6 Å². The maximum Gasteiger partial charge on any atom is 0.264 e. The summed E-state index contributed by atoms with van der Waals surface area (Å²) in [6.45, 7) is 0. The van der Waals surface area contributed by atoms with Crippen LogP contribution in [0.1, 0.15) is 11.1 Å². The van der Waals surface area contributed by atoms with Crippen molar-refractivity contribution in [2.45, 2.75) is 23.8 Å². The molecule has 0 bridgehead atoms. The number of hydrogen-bond acceptors (Lipinski definition) is 3. The standard InChI is InChI=1S/C24H20N2O3S/c27-24-13-10-19-16-22(11-12-23(19)25-24)30(28,29)26(20-8-2-1-3-9-20)21-14-17-6-4-5-7-18(17)15-21/h1-13,16,21H,14-15H2,(H,25,27). The van der Waals surface area contributed by atoms with Gasteiger partial charge in [-0.05, 0) is 65.8 Å². The number of nitrogens with zero attached hydrogens (tertiary/aromatic N) is 1. The van der Waals surface area contributed by atoms with Crippen LogP contribution < -0.4 is 9.86 Å². The van der Waals surface area contributed by atoms with Gasteiger partial charge in [0, 0.05) is 11.6 Å². The van der Waals surface area contributed by atoms with Crippen LogP contribution >= 0.6 is 0 Å². The van der Waals surface area contributed by atoms with Gasteiger partial charge in [-0.25, -0.2) is 8.42 Å². The van der Waals surface area contributed by atoms with Crippen molar-refractivity contribution in [1.29, 1.82) is 0 Å². The van der Waals surface area contributed by atoms with E-state index < -0.39 is 10.0 Å². The average molecular weight is 417 g/mol. The third kappa shape index (κ3) is 3.19. The van der Waals surface area contributed by atoms with E-state index in [2.05, 4.69) is 17.1 Å². The number of rotatable bonds is 4. The number of aromatic amines is 1. The van der Waals surface area contributed by atoms with Gasteiger partial charge in [-0.2, -0.15) is 0 Å². The Morgan fingerprint density at radius 1 is 0.800 bits per heavy atom. The molecule has 6 heteroatoms. The molecule has 0 amide bonds. The molecule has 1 aromatic heterocycles. The van der Waals surface area contributed by atoms with E-state index in [1.807, 2.05) is 42.5 Å². The lowest BCUT2D eigenvalue weighted by Gasteiger charge is -2.30. The average Bonchev–Trinajstić information content (AvgIpc) is 3.17. The second kappa shape index (κ2) is 7.15. The zero-order valence-electron chi connectivity index (χ0n) is 16.2. The van der Waals surface area contributed by atoms with Crippen LogP contribution in [-0.2, 0) is 22.9 Å². The van der Waals surface area contributed by atoms with E-state index in [1.165, 1.54) is 17.2 Å². The zero-order valence-corrected chi connectivity index (χ0v) is 17.0. The largest absolute Gasteiger partial charge is 0.322 e. The minimum absolute atomic E-state index is 0.193. The third-order valence-electron chi connectivity index (χ3n) is 5.62. The SMILES string of the molecule is O=c1ccc2cc(S(=O)(=O)N(c3ccccc3)C3Cc4ccccc4C3)ccc2[nH]1. The highest BCUT2D eigenvalue weighted by Gasteiger charge is 2.35. The minimum Gasteiger partial charge on any atom is -0.322 e. The molecule has 150 valence electrons. The Balaban J connectivity index is 1.62. The van der Waals surface area contributed by atoms with Crippen molar-refractivity contribution in [3.63, 3.8) is 0 Å². The van der Waals surface area contributed by atoms with E-state index in [1.54, 1.807) is 28.6 Å². The van der Waals surface area contributed by atoms with E-state index in [0.717, 1.165) is 0 Å². The summed E-state index contributed by atoms with van der Waals surface area (Å²) in [7, 11) is -3.82. The molecule has 4 aromatic rings. The number of nitrogens with one attached hydrogen (secondary N) is 1. The Morgan fingerprint density at radius 3 is 2.17 bits per heavy atom. The van der Waals surface area contributed by atoms with Crippen molar-refractivity contribution in [3.05, 3.63) is 106 Å². The number of fused-ring (bicyclic) bond motifs is 2. The monoisotopic (exact) mass is 416 g/mol. The molecule has 0 spiro atoms. The second-order valence-corrected chi connectivity index (χ2v) is 9.35. The lowest BCUT2D eigenvalue weighted by Crippen LogP contribution is -2.41. The third-order valence-corrected chi connectivity index (χ3v) is 7.50. The summed E-state index contributed by atoms with van der Waals surface area (Å²) in [6, 6.07) is 25.1. The summed E-state index contributed by atoms with van der Waals surface area (Å²) >= 11 is 0. The van der Waals surface area contributed by atoms with Gasteiger partial charge in [-0.3, -0.25) is 9.10 Å². The number of hydrogen-bond donors (Lipinski definition) is 1. The van der Waals surface area contributed by atoms with Gasteiger partial charge in [-0.1, -0.05) is 42.5 Å². The topological polar surface area (TPSA) is 70.2 Å². The van der Waals surface area contributed by atoms with Crippen LogP contribution in [0.2, 0.25) is 0 Å². The molecular weight excluding hydrogens is 396 g/mol. The Hall–Kier alpha value is -3.38. The minimum atomic E-state index is -3.82. The number of para-hydroxylation sites is 1. The predicted molar refractivity (Wildman–Crippen MR) is 118 cm³/mol. The summed E-state index contributed by atoms with van der Waals surface area (Å²) in [6.07, 6.45) is 1.34. The zero-order chi connectivity index (χ0) is 20.7. The predicted octanol–water partition coefficient (Wildman–Crippen LogP) is 3.89. The van der Waals surface area contributed by atoms with Crippen molar-refractivity contribution < 1.29 is 8.42 Å². The highest BCUT2D eigenvalue weighted by atomic mass is 32.2. The van der Waals surface area contributed by atoms with E-state index in [-0.39, 0.29) is 16.5 Å². The van der Waals surface area contributed by atoms with Crippen molar-refractivity contribution in [2.24, 2.45) is 0 Å². The molecule has 0 fully saturated rings. The molecule has 30 heavy (non-hydrogen) atoms. The van der Waals surface area contributed by atoms with Gasteiger partial charge in [0.2, 0.25) is 5.56 Å². The second-order valence-electron chi connectivity index (χ2n) is 7.54. The lowest BCUT2D eigenvalue weighted by atomic mass is 10.1. The van der Waals surface area contributed by atoms with Crippen LogP contribution in [0, 0.1) is 0 Å². The van der Waals surface area contributed by atoms with Crippen LogP contribution in [0.3, 0.4) is 0 Å². The molecule has 0 saturated heterocycles. The van der Waals surface area contributed by atoms with Gasteiger partial charge < -0.3 is 4.98 Å². The van der Waals surface area contributed by atoms with E-state index in [4.69, 9.17) is 0 Å². The maximum atomic E-state index is 13.8. The van der Waals surface area contributed by atoms with Gasteiger partial charge in [-0.15, -0.1) is 0 Å². The van der Waals surface area contributed by atoms with Crippen LogP contribution in [0.25, 0.3) is 10.9 Å². The smallest absolute Gasteiger partial charge is 0.264 e. The number of aromatic nitrogens is 1. The number of pyridine rings is 1. The first kappa shape index (κ1) is 18.6. The number of benzene rings is 3. The molecular formula is C24H20N2O3S. The molecule has 3 aromatic carbocycles. The molecule has 0 aliphatic heterocycles. The summed E-state index contributed by atoms with van der Waals surface area (Å²) in [5, 5.41) is 0.679. The first-order chi connectivity index (χ1) is 14.5. The molecule has 0 atom stereocenters. The van der Waals surface area contributed by atoms with Crippen LogP contribution in [0.15, 0.2) is 94.6 Å². The van der Waals surface area contributed by atoms with Crippen molar-refractivity contribution in [2.75, 3.05) is 4.31 Å². The van der Waals surface area contributed by atoms with Crippen LogP contribution in [-0.4, -0.2) is 19.4 Å². The molecule has 0 saturated carbocycles. The maximum absolute atomic E-state index is 13.8. The normalized spacial score (nSPS) is 14.0. The lowest BCUT2D eigenvalue weighted by molar-refractivity contribution is 0.577. The number of sulfonamides is 1. The van der Waals surface area contributed by atoms with E-state index in [0.29, 0.717) is 29.4 Å². The Kier molecular flexibility index (Phi) is 4.44. The van der Waals surface area contributed by atoms with E-state index in [9.17, 15) is 13.2 Å². The molecule has 0 radical (unpaired) electrons. The summed E-state index contributed by atoms with van der Waals surface area (Å²) in [5.41, 5.74) is 3.43. The van der Waals surface area contributed by atoms with Crippen LogP contribution in [0.5, 0.6) is 0 Å². The first-order valence-electron chi connectivity index (χ1n) is 9.82. The summed E-state index contributed by atoms with van der Waals surface area (Å²) in [4.78, 5) is 14.5. The molecule has 1 aliphatic carbocycles. The molecule has 5 nitrogen and oxygen atoms in total. The Morgan fingerprint density at radius 2 is 1.47 bits per heavy atom. The Bertz CT molecular complexity index is 1370. The van der Waals surface area contributed by atoms with E-state index >= 15 is 0 Å². The van der Waals surface area contributed by atoms with Crippen molar-refractivity contribution in [1.82, 2.24) is 4.98 Å². The van der Waals surface area contributed by atoms with Gasteiger partial charge in [0.05, 0.1) is 16.6 Å². The quantitative estimate of drug-likeness (QED) is 0.549. The van der Waals surface area contributed by atoms with Crippen molar-refractivity contribution in [3.8, 4) is 0 Å². The van der Waals surface area contributed by atoms with Gasteiger partial charge in [0.1, 0.15) is 0 Å². The number of anilines is 1. The summed E-state index contributed by atoms with van der Waals surface area (Å²) in [5.74, 6) is 0. The Labute approximate surface area is 174 Å². The first-order valence-corrected chi connectivity index (χ1v) is 11.3. The summed E-state index contributed by atoms with van der Waals surface area (Å²) < 4.78 is 29.2. The molecule has 0 unspecified atom stereocenters.